The molecule has 0 radical (unpaired) electrons. The minimum atomic E-state index is -3.11. The van der Waals surface area contributed by atoms with Gasteiger partial charge in [-0.05, 0) is 49.6 Å². The molecule has 2 amide bonds. The number of benzene rings is 1. The third-order valence-corrected chi connectivity index (χ3v) is 6.32. The number of amides is 2. The molecule has 0 spiro atoms. The maximum Gasteiger partial charge on any atom is 0.413 e. The molecule has 2 aliphatic rings. The monoisotopic (exact) mass is 478 g/mol. The molecule has 1 atom stereocenters. The van der Waals surface area contributed by atoms with E-state index < -0.39 is 30.4 Å². The molecule has 1 unspecified atom stereocenters. The lowest BCUT2D eigenvalue weighted by atomic mass is 10.1. The summed E-state index contributed by atoms with van der Waals surface area (Å²) >= 11 is 1.53. The molecule has 0 saturated heterocycles. The van der Waals surface area contributed by atoms with Gasteiger partial charge in [-0.1, -0.05) is 6.07 Å². The van der Waals surface area contributed by atoms with Crippen molar-refractivity contribution in [2.45, 2.75) is 49.0 Å². The molecule has 4 rings (SSSR count). The second-order valence-corrected chi connectivity index (χ2v) is 8.79. The molecule has 8 nitrogen and oxygen atoms in total. The Bertz CT molecular complexity index is 1080. The van der Waals surface area contributed by atoms with E-state index in [2.05, 4.69) is 21.8 Å². The molecule has 1 heterocycles. The summed E-state index contributed by atoms with van der Waals surface area (Å²) < 4.78 is 27.3. The fourth-order valence-corrected chi connectivity index (χ4v) is 4.14. The Balaban J connectivity index is 1.71. The first-order valence-corrected chi connectivity index (χ1v) is 11.7. The van der Waals surface area contributed by atoms with Crippen molar-refractivity contribution in [3.8, 4) is 0 Å². The number of rotatable bonds is 9. The van der Waals surface area contributed by atoms with Gasteiger partial charge in [0, 0.05) is 23.6 Å². The SMILES string of the molecule is CCONC(=O)c1cnc(N(C(=O)O)C2CC2(F)F)cc1Nc1ccc(C2CC2)cc1SC. The van der Waals surface area contributed by atoms with Gasteiger partial charge in [-0.15, -0.1) is 11.8 Å². The van der Waals surface area contributed by atoms with Crippen molar-refractivity contribution in [2.75, 3.05) is 23.1 Å². The Morgan fingerprint density at radius 1 is 1.30 bits per heavy atom. The molecule has 2 aliphatic carbocycles. The van der Waals surface area contributed by atoms with Crippen LogP contribution in [0.25, 0.3) is 0 Å². The Kier molecular flexibility index (Phi) is 6.44. The average molecular weight is 479 g/mol. The van der Waals surface area contributed by atoms with Crippen molar-refractivity contribution in [1.82, 2.24) is 10.5 Å². The number of halogens is 2. The van der Waals surface area contributed by atoms with E-state index in [1.54, 1.807) is 6.92 Å². The van der Waals surface area contributed by atoms with Crippen molar-refractivity contribution in [1.29, 1.82) is 0 Å². The van der Waals surface area contributed by atoms with Crippen molar-refractivity contribution in [2.24, 2.45) is 0 Å². The van der Waals surface area contributed by atoms with Crippen LogP contribution in [0.3, 0.4) is 0 Å². The van der Waals surface area contributed by atoms with Crippen LogP contribution in [0.1, 0.15) is 48.0 Å². The topological polar surface area (TPSA) is 104 Å². The number of thioether (sulfide) groups is 1. The lowest BCUT2D eigenvalue weighted by molar-refractivity contribution is 0.0365. The van der Waals surface area contributed by atoms with E-state index in [1.165, 1.54) is 23.4 Å². The molecule has 0 bridgehead atoms. The summed E-state index contributed by atoms with van der Waals surface area (Å²) in [6.07, 6.45) is 3.29. The van der Waals surface area contributed by atoms with Crippen LogP contribution in [0.5, 0.6) is 0 Å². The van der Waals surface area contributed by atoms with Crippen LogP contribution in [-0.4, -0.2) is 46.9 Å². The Labute approximate surface area is 193 Å². The number of pyridine rings is 1. The highest BCUT2D eigenvalue weighted by Crippen LogP contribution is 2.47. The number of carboxylic acid groups (broad SMARTS) is 1. The van der Waals surface area contributed by atoms with Crippen LogP contribution in [0.15, 0.2) is 35.4 Å². The number of nitrogens with zero attached hydrogens (tertiary/aromatic N) is 2. The van der Waals surface area contributed by atoms with E-state index in [1.807, 2.05) is 18.4 Å². The van der Waals surface area contributed by atoms with E-state index in [-0.39, 0.29) is 23.7 Å². The zero-order valence-corrected chi connectivity index (χ0v) is 18.9. The van der Waals surface area contributed by atoms with Crippen LogP contribution >= 0.6 is 11.8 Å². The summed E-state index contributed by atoms with van der Waals surface area (Å²) in [6, 6.07) is 5.80. The second-order valence-electron chi connectivity index (χ2n) is 7.94. The lowest BCUT2D eigenvalue weighted by Gasteiger charge is -2.21. The van der Waals surface area contributed by atoms with Crippen molar-refractivity contribution >= 4 is 41.0 Å². The van der Waals surface area contributed by atoms with E-state index in [0.717, 1.165) is 23.9 Å². The van der Waals surface area contributed by atoms with Gasteiger partial charge in [0.25, 0.3) is 11.8 Å². The van der Waals surface area contributed by atoms with Crippen molar-refractivity contribution < 1.29 is 28.3 Å². The fraction of sp³-hybridized carbons (Fsp3) is 0.409. The molecule has 3 N–H and O–H groups in total. The number of aromatic nitrogens is 1. The summed E-state index contributed by atoms with van der Waals surface area (Å²) in [5.74, 6) is -3.34. The normalized spacial score (nSPS) is 18.5. The first-order chi connectivity index (χ1) is 15.7. The average Bonchev–Trinajstić information content (AvgIpc) is 3.70. The maximum atomic E-state index is 13.7. The van der Waals surface area contributed by atoms with Gasteiger partial charge < -0.3 is 10.4 Å². The molecule has 33 heavy (non-hydrogen) atoms. The first kappa shape index (κ1) is 23.2. The number of hydroxylamine groups is 1. The summed E-state index contributed by atoms with van der Waals surface area (Å²) in [5.41, 5.74) is 4.53. The van der Waals surface area contributed by atoms with Gasteiger partial charge in [-0.3, -0.25) is 14.5 Å². The molecule has 2 saturated carbocycles. The standard InChI is InChI=1S/C22H24F2N4O4S/c1-3-32-27-20(29)14-11-25-19(28(21(30)31)18-10-22(18,23)24)9-16(14)26-15-7-6-13(12-4-5-12)8-17(15)33-2/h6-9,11-12,18H,3-5,10H2,1-2H3,(H,25,26)(H,27,29)(H,30,31). The second kappa shape index (κ2) is 9.14. The van der Waals surface area contributed by atoms with Crippen LogP contribution in [0.2, 0.25) is 0 Å². The zero-order chi connectivity index (χ0) is 23.8. The molecule has 2 fully saturated rings. The number of hydrogen-bond donors (Lipinski definition) is 3. The third kappa shape index (κ3) is 5.03. The number of nitrogens with one attached hydrogen (secondary N) is 2. The minimum absolute atomic E-state index is 0.0819. The number of alkyl halides is 2. The van der Waals surface area contributed by atoms with Gasteiger partial charge in [-0.25, -0.2) is 24.0 Å². The van der Waals surface area contributed by atoms with Crippen LogP contribution < -0.4 is 15.7 Å². The highest BCUT2D eigenvalue weighted by atomic mass is 32.2. The molecule has 2 aromatic rings. The van der Waals surface area contributed by atoms with E-state index in [9.17, 15) is 23.5 Å². The van der Waals surface area contributed by atoms with E-state index in [4.69, 9.17) is 4.84 Å². The molecule has 1 aromatic heterocycles. The number of hydrogen-bond acceptors (Lipinski definition) is 6. The molecule has 0 aliphatic heterocycles. The predicted octanol–water partition coefficient (Wildman–Crippen LogP) is 5.00. The van der Waals surface area contributed by atoms with Crippen molar-refractivity contribution in [3.63, 3.8) is 0 Å². The van der Waals surface area contributed by atoms with Gasteiger partial charge in [0.2, 0.25) is 0 Å². The summed E-state index contributed by atoms with van der Waals surface area (Å²) in [7, 11) is 0. The minimum Gasteiger partial charge on any atom is -0.465 e. The van der Waals surface area contributed by atoms with Crippen LogP contribution in [-0.2, 0) is 4.84 Å². The van der Waals surface area contributed by atoms with Gasteiger partial charge in [-0.2, -0.15) is 0 Å². The Morgan fingerprint density at radius 2 is 2.03 bits per heavy atom. The van der Waals surface area contributed by atoms with Crippen molar-refractivity contribution in [3.05, 3.63) is 41.6 Å². The largest absolute Gasteiger partial charge is 0.465 e. The molecule has 11 heteroatoms. The predicted molar refractivity (Wildman–Crippen MR) is 121 cm³/mol. The van der Waals surface area contributed by atoms with Crippen LogP contribution in [0.4, 0.5) is 30.8 Å². The number of anilines is 3. The summed E-state index contributed by atoms with van der Waals surface area (Å²) in [5, 5.41) is 12.7. The number of carbonyl (C=O) groups is 2. The lowest BCUT2D eigenvalue weighted by Crippen LogP contribution is -2.35. The first-order valence-electron chi connectivity index (χ1n) is 10.5. The highest BCUT2D eigenvalue weighted by molar-refractivity contribution is 7.98. The summed E-state index contributed by atoms with van der Waals surface area (Å²) in [6.45, 7) is 1.94. The van der Waals surface area contributed by atoms with E-state index in [0.29, 0.717) is 16.5 Å². The van der Waals surface area contributed by atoms with Gasteiger partial charge in [0.05, 0.1) is 23.5 Å². The third-order valence-electron chi connectivity index (χ3n) is 5.54. The molecular formula is C22H24F2N4O4S. The van der Waals surface area contributed by atoms with Gasteiger partial charge in [0.1, 0.15) is 11.9 Å². The number of carbonyl (C=O) groups excluding carboxylic acids is 1. The fourth-order valence-electron chi connectivity index (χ4n) is 3.55. The zero-order valence-electron chi connectivity index (χ0n) is 18.1. The smallest absolute Gasteiger partial charge is 0.413 e. The maximum absolute atomic E-state index is 13.7. The molecular weight excluding hydrogens is 454 g/mol. The summed E-state index contributed by atoms with van der Waals surface area (Å²) in [4.78, 5) is 34.8. The Morgan fingerprint density at radius 3 is 2.61 bits per heavy atom. The van der Waals surface area contributed by atoms with Gasteiger partial charge >= 0.3 is 6.09 Å². The molecule has 176 valence electrons. The van der Waals surface area contributed by atoms with Gasteiger partial charge in [0.15, 0.2) is 0 Å². The van der Waals surface area contributed by atoms with E-state index >= 15 is 0 Å². The van der Waals surface area contributed by atoms with Crippen LogP contribution in [0, 0.1) is 0 Å². The molecule has 1 aromatic carbocycles. The quantitative estimate of drug-likeness (QED) is 0.344. The highest BCUT2D eigenvalue weighted by Gasteiger charge is 2.62. The Hall–Kier alpha value is -2.92.